The summed E-state index contributed by atoms with van der Waals surface area (Å²) in [4.78, 5) is 13.5. The fraction of sp³-hybridized carbons (Fsp3) is 0.533. The van der Waals surface area contributed by atoms with E-state index in [2.05, 4.69) is 9.46 Å². The molecule has 0 saturated heterocycles. The number of hydrogen-bond acceptors (Lipinski definition) is 5. The molecule has 0 bridgehead atoms. The molecular weight excluding hydrogens is 304 g/mol. The molecule has 0 aliphatic carbocycles. The summed E-state index contributed by atoms with van der Waals surface area (Å²) in [7, 11) is 1.73. The van der Waals surface area contributed by atoms with Gasteiger partial charge in [0.15, 0.2) is 0 Å². The van der Waals surface area contributed by atoms with Gasteiger partial charge in [0.1, 0.15) is 0 Å². The van der Waals surface area contributed by atoms with Gasteiger partial charge in [0.2, 0.25) is 10.0 Å². The first-order valence-corrected chi connectivity index (χ1v) is 8.70. The molecule has 0 spiro atoms. The molecule has 124 valence electrons. The van der Waals surface area contributed by atoms with Gasteiger partial charge in [0.05, 0.1) is 18.4 Å². The number of rotatable bonds is 8. The summed E-state index contributed by atoms with van der Waals surface area (Å²) in [5.41, 5.74) is 0.895. The minimum Gasteiger partial charge on any atom is -0.465 e. The average molecular weight is 328 g/mol. The lowest BCUT2D eigenvalue weighted by atomic mass is 10.1. The smallest absolute Gasteiger partial charge is 0.337 e. The number of nitrogens with one attached hydrogen (secondary N) is 1. The summed E-state index contributed by atoms with van der Waals surface area (Å²) in [5.74, 6) is -0.643. The van der Waals surface area contributed by atoms with Gasteiger partial charge in [-0.15, -0.1) is 0 Å². The molecule has 0 heterocycles. The van der Waals surface area contributed by atoms with E-state index in [0.717, 1.165) is 13.0 Å². The van der Waals surface area contributed by atoms with Crippen LogP contribution in [0.15, 0.2) is 24.3 Å². The van der Waals surface area contributed by atoms with E-state index in [1.807, 2.05) is 25.9 Å². The van der Waals surface area contributed by atoms with E-state index in [-0.39, 0.29) is 11.8 Å². The van der Waals surface area contributed by atoms with E-state index < -0.39 is 16.0 Å². The third-order valence-electron chi connectivity index (χ3n) is 3.09. The molecule has 0 aromatic heterocycles. The average Bonchev–Trinajstić information content (AvgIpc) is 2.43. The maximum Gasteiger partial charge on any atom is 0.337 e. The van der Waals surface area contributed by atoms with Crippen molar-refractivity contribution >= 4 is 16.0 Å². The number of ether oxygens (including phenoxy) is 1. The Hall–Kier alpha value is -1.44. The monoisotopic (exact) mass is 328 g/mol. The Morgan fingerprint density at radius 2 is 2.05 bits per heavy atom. The van der Waals surface area contributed by atoms with Crippen molar-refractivity contribution in [1.82, 2.24) is 9.62 Å². The van der Waals surface area contributed by atoms with Crippen molar-refractivity contribution in [1.29, 1.82) is 0 Å². The van der Waals surface area contributed by atoms with Gasteiger partial charge in [0, 0.05) is 6.04 Å². The first kappa shape index (κ1) is 18.6. The zero-order chi connectivity index (χ0) is 16.8. The number of esters is 1. The molecule has 0 amide bonds. The van der Waals surface area contributed by atoms with Gasteiger partial charge in [-0.3, -0.25) is 0 Å². The summed E-state index contributed by atoms with van der Waals surface area (Å²) in [6, 6.07) is 6.31. The highest BCUT2D eigenvalue weighted by Crippen LogP contribution is 2.10. The van der Waals surface area contributed by atoms with Gasteiger partial charge >= 0.3 is 5.97 Å². The van der Waals surface area contributed by atoms with Crippen molar-refractivity contribution in [2.75, 3.05) is 27.7 Å². The maximum atomic E-state index is 12.2. The number of carbonyl (C=O) groups excluding carboxylic acids is 1. The van der Waals surface area contributed by atoms with Gasteiger partial charge in [-0.2, -0.15) is 0 Å². The summed E-state index contributed by atoms with van der Waals surface area (Å²) in [6.45, 7) is 2.65. The largest absolute Gasteiger partial charge is 0.465 e. The van der Waals surface area contributed by atoms with Gasteiger partial charge in [-0.1, -0.05) is 12.1 Å². The topological polar surface area (TPSA) is 75.7 Å². The molecule has 1 aromatic rings. The predicted molar refractivity (Wildman–Crippen MR) is 86.2 cm³/mol. The fourth-order valence-electron chi connectivity index (χ4n) is 1.98. The Balaban J connectivity index is 2.70. The number of sulfonamides is 1. The summed E-state index contributed by atoms with van der Waals surface area (Å²) < 4.78 is 31.6. The molecule has 1 atom stereocenters. The van der Waals surface area contributed by atoms with Crippen molar-refractivity contribution in [2.45, 2.75) is 25.1 Å². The van der Waals surface area contributed by atoms with E-state index in [0.29, 0.717) is 11.1 Å². The molecule has 1 N–H and O–H groups in total. The van der Waals surface area contributed by atoms with Crippen LogP contribution in [0.4, 0.5) is 0 Å². The van der Waals surface area contributed by atoms with Crippen molar-refractivity contribution in [3.05, 3.63) is 35.4 Å². The molecule has 1 aromatic carbocycles. The molecule has 7 heteroatoms. The zero-order valence-electron chi connectivity index (χ0n) is 13.5. The lowest BCUT2D eigenvalue weighted by Gasteiger charge is -2.17. The first-order valence-electron chi connectivity index (χ1n) is 7.05. The van der Waals surface area contributed by atoms with Crippen LogP contribution in [0.1, 0.15) is 29.3 Å². The minimum absolute atomic E-state index is 0.142. The normalized spacial score (nSPS) is 13.1. The predicted octanol–water partition coefficient (Wildman–Crippen LogP) is 1.23. The zero-order valence-corrected chi connectivity index (χ0v) is 14.3. The molecule has 22 heavy (non-hydrogen) atoms. The lowest BCUT2D eigenvalue weighted by molar-refractivity contribution is 0.0600. The molecule has 0 radical (unpaired) electrons. The second kappa shape index (κ2) is 8.26. The van der Waals surface area contributed by atoms with Crippen LogP contribution >= 0.6 is 0 Å². The van der Waals surface area contributed by atoms with Crippen LogP contribution in [-0.2, 0) is 20.5 Å². The van der Waals surface area contributed by atoms with Gasteiger partial charge in [-0.05, 0) is 51.7 Å². The SMILES string of the molecule is COC(=O)c1cccc(CS(=O)(=O)N[C@H](C)CCN(C)C)c1. The van der Waals surface area contributed by atoms with Crippen LogP contribution in [0.2, 0.25) is 0 Å². The lowest BCUT2D eigenvalue weighted by Crippen LogP contribution is -2.35. The highest BCUT2D eigenvalue weighted by Gasteiger charge is 2.16. The van der Waals surface area contributed by atoms with Gasteiger partial charge in [-0.25, -0.2) is 17.9 Å². The highest BCUT2D eigenvalue weighted by molar-refractivity contribution is 7.88. The summed E-state index contributed by atoms with van der Waals surface area (Å²) in [6.07, 6.45) is 0.731. The number of carbonyl (C=O) groups is 1. The summed E-state index contributed by atoms with van der Waals surface area (Å²) in [5, 5.41) is 0. The first-order chi connectivity index (χ1) is 10.2. The van der Waals surface area contributed by atoms with Crippen LogP contribution < -0.4 is 4.72 Å². The van der Waals surface area contributed by atoms with Crippen molar-refractivity contribution in [3.63, 3.8) is 0 Å². The van der Waals surface area contributed by atoms with Crippen LogP contribution in [0.3, 0.4) is 0 Å². The highest BCUT2D eigenvalue weighted by atomic mass is 32.2. The van der Waals surface area contributed by atoms with Crippen LogP contribution in [0, 0.1) is 0 Å². The van der Waals surface area contributed by atoms with E-state index in [4.69, 9.17) is 0 Å². The Morgan fingerprint density at radius 1 is 1.36 bits per heavy atom. The van der Waals surface area contributed by atoms with Crippen molar-refractivity contribution in [3.8, 4) is 0 Å². The standard InChI is InChI=1S/C15H24N2O4S/c1-12(8-9-17(2)3)16-22(19,20)11-13-6-5-7-14(10-13)15(18)21-4/h5-7,10,12,16H,8-9,11H2,1-4H3/t12-/m1/s1. The van der Waals surface area contributed by atoms with Crippen molar-refractivity contribution < 1.29 is 17.9 Å². The van der Waals surface area contributed by atoms with Crippen LogP contribution in [-0.4, -0.2) is 53.1 Å². The second-order valence-corrected chi connectivity index (χ2v) is 7.32. The van der Waals surface area contributed by atoms with Gasteiger partial charge in [0.25, 0.3) is 0 Å². The molecule has 0 unspecified atom stereocenters. The fourth-order valence-corrected chi connectivity index (χ4v) is 3.42. The number of hydrogen-bond donors (Lipinski definition) is 1. The Labute approximate surface area is 132 Å². The van der Waals surface area contributed by atoms with E-state index >= 15 is 0 Å². The quantitative estimate of drug-likeness (QED) is 0.727. The van der Waals surface area contributed by atoms with E-state index in [1.54, 1.807) is 18.2 Å². The van der Waals surface area contributed by atoms with Crippen LogP contribution in [0.5, 0.6) is 0 Å². The number of methoxy groups -OCH3 is 1. The Bertz CT molecular complexity index is 599. The minimum atomic E-state index is -3.45. The van der Waals surface area contributed by atoms with E-state index in [9.17, 15) is 13.2 Å². The number of benzene rings is 1. The second-order valence-electron chi connectivity index (χ2n) is 5.56. The molecule has 0 aliphatic heterocycles. The Morgan fingerprint density at radius 3 is 2.64 bits per heavy atom. The van der Waals surface area contributed by atoms with E-state index in [1.165, 1.54) is 13.2 Å². The molecular formula is C15H24N2O4S. The number of nitrogens with zero attached hydrogens (tertiary/aromatic N) is 1. The molecule has 6 nitrogen and oxygen atoms in total. The van der Waals surface area contributed by atoms with Crippen molar-refractivity contribution in [2.24, 2.45) is 0 Å². The molecule has 0 saturated carbocycles. The summed E-state index contributed by atoms with van der Waals surface area (Å²) >= 11 is 0. The third kappa shape index (κ3) is 6.55. The Kier molecular flexibility index (Phi) is 6.99. The maximum absolute atomic E-state index is 12.2. The third-order valence-corrected chi connectivity index (χ3v) is 4.57. The van der Waals surface area contributed by atoms with Crippen LogP contribution in [0.25, 0.3) is 0 Å². The molecule has 0 aliphatic rings. The molecule has 1 rings (SSSR count). The van der Waals surface area contributed by atoms with Gasteiger partial charge < -0.3 is 9.64 Å². The molecule has 0 fully saturated rings.